The molecule has 4 rings (SSSR count). The van der Waals surface area contributed by atoms with Crippen molar-refractivity contribution in [3.63, 3.8) is 0 Å². The average molecular weight is 353 g/mol. The Bertz CT molecular complexity index is 708. The molecule has 3 heterocycles. The van der Waals surface area contributed by atoms with Crippen molar-refractivity contribution in [1.82, 2.24) is 20.0 Å². The van der Waals surface area contributed by atoms with Crippen molar-refractivity contribution >= 4 is 0 Å². The van der Waals surface area contributed by atoms with Gasteiger partial charge in [0.1, 0.15) is 0 Å². The molecule has 2 fully saturated rings. The summed E-state index contributed by atoms with van der Waals surface area (Å²) in [7, 11) is 2.05. The monoisotopic (exact) mass is 352 g/mol. The van der Waals surface area contributed by atoms with Crippen molar-refractivity contribution < 1.29 is 0 Å². The molecule has 140 valence electrons. The van der Waals surface area contributed by atoms with E-state index in [2.05, 4.69) is 58.8 Å². The predicted molar refractivity (Wildman–Crippen MR) is 106 cm³/mol. The lowest BCUT2D eigenvalue weighted by molar-refractivity contribution is 0.159. The van der Waals surface area contributed by atoms with Crippen LogP contribution < -0.4 is 5.32 Å². The molecule has 3 atom stereocenters. The van der Waals surface area contributed by atoms with E-state index in [4.69, 9.17) is 0 Å². The molecule has 4 heteroatoms. The Morgan fingerprint density at radius 2 is 2.00 bits per heavy atom. The molecule has 1 aromatic carbocycles. The summed E-state index contributed by atoms with van der Waals surface area (Å²) in [5, 5.41) is 8.35. The molecular weight excluding hydrogens is 320 g/mol. The highest BCUT2D eigenvalue weighted by Gasteiger charge is 2.40. The van der Waals surface area contributed by atoms with E-state index in [-0.39, 0.29) is 0 Å². The topological polar surface area (TPSA) is 33.1 Å². The molecule has 0 spiro atoms. The fraction of sp³-hybridized carbons (Fsp3) is 0.591. The maximum Gasteiger partial charge on any atom is 0.0537 e. The van der Waals surface area contributed by atoms with Gasteiger partial charge in [-0.25, -0.2) is 0 Å². The van der Waals surface area contributed by atoms with Crippen LogP contribution in [-0.4, -0.2) is 39.4 Å². The van der Waals surface area contributed by atoms with Crippen LogP contribution in [0.25, 0.3) is 0 Å². The Morgan fingerprint density at radius 1 is 1.15 bits per heavy atom. The van der Waals surface area contributed by atoms with E-state index < -0.39 is 0 Å². The molecule has 2 saturated heterocycles. The summed E-state index contributed by atoms with van der Waals surface area (Å²) in [6, 6.07) is 12.9. The summed E-state index contributed by atoms with van der Waals surface area (Å²) in [6.45, 7) is 4.40. The molecule has 4 nitrogen and oxygen atoms in total. The van der Waals surface area contributed by atoms with Gasteiger partial charge < -0.3 is 5.32 Å². The number of nitrogens with zero attached hydrogens (tertiary/aromatic N) is 3. The van der Waals surface area contributed by atoms with Crippen molar-refractivity contribution in [3.05, 3.63) is 53.3 Å². The predicted octanol–water partition coefficient (Wildman–Crippen LogP) is 3.45. The highest BCUT2D eigenvalue weighted by Crippen LogP contribution is 2.33. The Morgan fingerprint density at radius 3 is 2.77 bits per heavy atom. The minimum atomic E-state index is 0.609. The second-order valence-electron chi connectivity index (χ2n) is 8.11. The number of aromatic nitrogens is 2. The van der Waals surface area contributed by atoms with E-state index in [1.807, 2.05) is 11.7 Å². The molecule has 26 heavy (non-hydrogen) atoms. The van der Waals surface area contributed by atoms with Gasteiger partial charge in [0.15, 0.2) is 0 Å². The lowest BCUT2D eigenvalue weighted by Gasteiger charge is -2.33. The van der Waals surface area contributed by atoms with Crippen LogP contribution in [-0.2, 0) is 20.0 Å². The minimum Gasteiger partial charge on any atom is -0.312 e. The second kappa shape index (κ2) is 7.93. The van der Waals surface area contributed by atoms with Crippen LogP contribution in [0.4, 0.5) is 0 Å². The Kier molecular flexibility index (Phi) is 5.41. The van der Waals surface area contributed by atoms with E-state index >= 15 is 0 Å². The molecule has 0 saturated carbocycles. The first-order valence-electron chi connectivity index (χ1n) is 10.2. The summed E-state index contributed by atoms with van der Waals surface area (Å²) >= 11 is 0. The number of benzene rings is 1. The van der Waals surface area contributed by atoms with Crippen LogP contribution in [0, 0.1) is 6.92 Å². The van der Waals surface area contributed by atoms with Gasteiger partial charge in [0.05, 0.1) is 6.20 Å². The number of rotatable bonds is 4. The normalized spacial score (nSPS) is 27.1. The molecule has 0 aliphatic carbocycles. The Labute approximate surface area is 157 Å². The average Bonchev–Trinajstić information content (AvgIpc) is 3.10. The van der Waals surface area contributed by atoms with Crippen LogP contribution in [0.3, 0.4) is 0 Å². The Balaban J connectivity index is 1.58. The zero-order chi connectivity index (χ0) is 17.9. The van der Waals surface area contributed by atoms with E-state index in [0.717, 1.165) is 13.0 Å². The molecule has 2 aliphatic heterocycles. The third-order valence-electron chi connectivity index (χ3n) is 6.47. The van der Waals surface area contributed by atoms with E-state index in [0.29, 0.717) is 18.1 Å². The molecular formula is C22H32N4. The van der Waals surface area contributed by atoms with Gasteiger partial charge in [-0.3, -0.25) is 9.58 Å². The van der Waals surface area contributed by atoms with Crippen molar-refractivity contribution in [2.24, 2.45) is 7.05 Å². The Hall–Kier alpha value is -1.65. The van der Waals surface area contributed by atoms with Crippen molar-refractivity contribution in [2.75, 3.05) is 6.54 Å². The van der Waals surface area contributed by atoms with Gasteiger partial charge in [-0.1, -0.05) is 43.2 Å². The van der Waals surface area contributed by atoms with Crippen LogP contribution in [0.15, 0.2) is 36.5 Å². The van der Waals surface area contributed by atoms with Gasteiger partial charge in [0.2, 0.25) is 0 Å². The standard InChI is InChI=1S/C22H32N4/c1-17-19(15-24-25(17)2)16-26-20(13-18-9-5-3-6-10-18)14-21-22(26)11-7-4-8-12-23-21/h3,5-6,9-10,15,20-23H,4,7-8,11-14,16H2,1-2H3/t20-,21+,22-/m1/s1. The SMILES string of the molecule is Cc1c(CN2[C@H](Cc3ccccc3)C[C@@H]3NCCCCC[C@H]32)cnn1C. The summed E-state index contributed by atoms with van der Waals surface area (Å²) in [5.41, 5.74) is 4.14. The summed E-state index contributed by atoms with van der Waals surface area (Å²) < 4.78 is 2.01. The first-order chi connectivity index (χ1) is 12.7. The van der Waals surface area contributed by atoms with Gasteiger partial charge in [-0.15, -0.1) is 0 Å². The fourth-order valence-corrected chi connectivity index (χ4v) is 4.85. The zero-order valence-corrected chi connectivity index (χ0v) is 16.2. The van der Waals surface area contributed by atoms with Crippen LogP contribution in [0.5, 0.6) is 0 Å². The number of hydrogen-bond acceptors (Lipinski definition) is 3. The number of nitrogens with one attached hydrogen (secondary N) is 1. The molecule has 2 aliphatic rings. The first-order valence-corrected chi connectivity index (χ1v) is 10.2. The molecule has 2 aromatic rings. The lowest BCUT2D eigenvalue weighted by Crippen LogP contribution is -2.44. The van der Waals surface area contributed by atoms with Gasteiger partial charge in [-0.2, -0.15) is 5.10 Å². The van der Waals surface area contributed by atoms with Crippen molar-refractivity contribution in [1.29, 1.82) is 0 Å². The lowest BCUT2D eigenvalue weighted by atomic mass is 9.98. The van der Waals surface area contributed by atoms with Crippen LogP contribution >= 0.6 is 0 Å². The largest absolute Gasteiger partial charge is 0.312 e. The smallest absolute Gasteiger partial charge is 0.0537 e. The summed E-state index contributed by atoms with van der Waals surface area (Å²) in [5.74, 6) is 0. The van der Waals surface area contributed by atoms with E-state index in [9.17, 15) is 0 Å². The van der Waals surface area contributed by atoms with Gasteiger partial charge in [0.25, 0.3) is 0 Å². The summed E-state index contributed by atoms with van der Waals surface area (Å²) in [6.07, 6.45) is 9.85. The second-order valence-corrected chi connectivity index (χ2v) is 8.11. The fourth-order valence-electron chi connectivity index (χ4n) is 4.85. The first kappa shape index (κ1) is 17.7. The van der Waals surface area contributed by atoms with E-state index in [1.165, 1.54) is 55.5 Å². The number of aryl methyl sites for hydroxylation is 1. The molecule has 1 N–H and O–H groups in total. The maximum absolute atomic E-state index is 4.48. The summed E-state index contributed by atoms with van der Waals surface area (Å²) in [4.78, 5) is 2.79. The molecule has 1 aromatic heterocycles. The van der Waals surface area contributed by atoms with Crippen LogP contribution in [0.2, 0.25) is 0 Å². The van der Waals surface area contributed by atoms with E-state index in [1.54, 1.807) is 0 Å². The molecule has 0 unspecified atom stereocenters. The zero-order valence-electron chi connectivity index (χ0n) is 16.2. The third-order valence-corrected chi connectivity index (χ3v) is 6.47. The number of hydrogen-bond donors (Lipinski definition) is 1. The maximum atomic E-state index is 4.48. The highest BCUT2D eigenvalue weighted by atomic mass is 15.3. The van der Waals surface area contributed by atoms with Gasteiger partial charge in [-0.05, 0) is 44.7 Å². The van der Waals surface area contributed by atoms with Crippen molar-refractivity contribution in [3.8, 4) is 0 Å². The minimum absolute atomic E-state index is 0.609. The number of likely N-dealkylation sites (tertiary alicyclic amines) is 1. The number of fused-ring (bicyclic) bond motifs is 1. The van der Waals surface area contributed by atoms with Crippen molar-refractivity contribution in [2.45, 2.75) is 70.1 Å². The quantitative estimate of drug-likeness (QED) is 0.915. The van der Waals surface area contributed by atoms with Gasteiger partial charge in [0, 0.05) is 43.0 Å². The molecule has 0 amide bonds. The third kappa shape index (κ3) is 3.72. The molecule has 0 bridgehead atoms. The molecule has 0 radical (unpaired) electrons. The highest BCUT2D eigenvalue weighted by molar-refractivity contribution is 5.20. The van der Waals surface area contributed by atoms with Crippen LogP contribution in [0.1, 0.15) is 48.9 Å². The van der Waals surface area contributed by atoms with Gasteiger partial charge >= 0.3 is 0 Å².